The summed E-state index contributed by atoms with van der Waals surface area (Å²) in [5.41, 5.74) is 0. The number of hydrogen-bond acceptors (Lipinski definition) is 2. The van der Waals surface area contributed by atoms with E-state index in [4.69, 9.17) is 5.11 Å². The van der Waals surface area contributed by atoms with Crippen LogP contribution in [0, 0.1) is 0 Å². The molecule has 1 unspecified atom stereocenters. The molecule has 1 N–H and O–H groups in total. The van der Waals surface area contributed by atoms with Crippen LogP contribution in [-0.2, 0) is 4.79 Å². The van der Waals surface area contributed by atoms with E-state index < -0.39 is 11.8 Å². The normalized spacial score (nSPS) is 14.4. The van der Waals surface area contributed by atoms with Gasteiger partial charge in [0.25, 0.3) is 5.97 Å². The van der Waals surface area contributed by atoms with Crippen LogP contribution in [0.1, 0.15) is 20.8 Å². The van der Waals surface area contributed by atoms with Crippen molar-refractivity contribution in [1.29, 1.82) is 0 Å². The first-order valence-electron chi connectivity index (χ1n) is 3.14. The Labute approximate surface area is 67.7 Å². The first-order chi connectivity index (χ1) is 4.33. The lowest BCUT2D eigenvalue weighted by Gasteiger charge is -2.17. The lowest BCUT2D eigenvalue weighted by atomic mass is 9.56. The highest BCUT2D eigenvalue weighted by molar-refractivity contribution is 7.83. The molecule has 0 saturated carbocycles. The maximum atomic E-state index is 10.3. The highest BCUT2D eigenvalue weighted by Crippen LogP contribution is 2.16. The highest BCUT2D eigenvalue weighted by Gasteiger charge is 2.22. The van der Waals surface area contributed by atoms with Crippen molar-refractivity contribution in [3.05, 3.63) is 0 Å². The average molecular weight is 159 g/mol. The van der Waals surface area contributed by atoms with E-state index in [9.17, 15) is 4.79 Å². The number of rotatable bonds is 3. The van der Waals surface area contributed by atoms with Crippen molar-refractivity contribution < 1.29 is 9.90 Å². The molecule has 0 spiro atoms. The molecular weight excluding hydrogens is 147 g/mol. The van der Waals surface area contributed by atoms with Gasteiger partial charge in [0.1, 0.15) is 7.28 Å². The summed E-state index contributed by atoms with van der Waals surface area (Å²) in [6.07, 6.45) is 0. The van der Waals surface area contributed by atoms with E-state index >= 15 is 0 Å². The summed E-state index contributed by atoms with van der Waals surface area (Å²) < 4.78 is -0.308. The first-order valence-corrected chi connectivity index (χ1v) is 3.59. The zero-order valence-electron chi connectivity index (χ0n) is 6.46. The van der Waals surface area contributed by atoms with Gasteiger partial charge in [0.15, 0.2) is 0 Å². The van der Waals surface area contributed by atoms with Crippen LogP contribution in [0.2, 0.25) is 5.82 Å². The lowest BCUT2D eigenvalue weighted by molar-refractivity contribution is -0.136. The molecule has 0 bridgehead atoms. The second kappa shape index (κ2) is 3.33. The van der Waals surface area contributed by atoms with Crippen LogP contribution in [0.4, 0.5) is 0 Å². The molecule has 0 aromatic heterocycles. The van der Waals surface area contributed by atoms with Crippen LogP contribution in [0.5, 0.6) is 0 Å². The molecular formula is C6H12BO2S. The van der Waals surface area contributed by atoms with Gasteiger partial charge in [-0.25, -0.2) is 0 Å². The van der Waals surface area contributed by atoms with Crippen molar-refractivity contribution >= 4 is 25.9 Å². The molecule has 0 fully saturated rings. The average Bonchev–Trinajstić information content (AvgIpc) is 1.60. The van der Waals surface area contributed by atoms with E-state index in [1.54, 1.807) is 14.2 Å². The van der Waals surface area contributed by atoms with Gasteiger partial charge in [0.05, 0.1) is 0 Å². The molecule has 2 nitrogen and oxygen atoms in total. The van der Waals surface area contributed by atoms with Gasteiger partial charge in [-0.15, -0.1) is 0 Å². The Morgan fingerprint density at radius 1 is 1.70 bits per heavy atom. The van der Waals surface area contributed by atoms with E-state index in [1.165, 1.54) is 0 Å². The zero-order valence-corrected chi connectivity index (χ0v) is 7.35. The van der Waals surface area contributed by atoms with E-state index in [-0.39, 0.29) is 4.65 Å². The third-order valence-electron chi connectivity index (χ3n) is 1.05. The quantitative estimate of drug-likeness (QED) is 0.480. The minimum atomic E-state index is -0.804. The summed E-state index contributed by atoms with van der Waals surface area (Å²) in [7, 11) is 1.69. The standard InChI is InChI=1S/C6H12BO2S/c1-4(5(8)9)7-6(2,3)10/h4,10H,1-3H3,(H,8,9). The van der Waals surface area contributed by atoms with E-state index in [1.807, 2.05) is 13.8 Å². The van der Waals surface area contributed by atoms with Crippen LogP contribution >= 0.6 is 12.6 Å². The monoisotopic (exact) mass is 159 g/mol. The lowest BCUT2D eigenvalue weighted by Crippen LogP contribution is -2.27. The summed E-state index contributed by atoms with van der Waals surface area (Å²) in [5, 5.41) is 8.48. The van der Waals surface area contributed by atoms with Crippen LogP contribution in [0.25, 0.3) is 0 Å². The van der Waals surface area contributed by atoms with E-state index in [2.05, 4.69) is 12.6 Å². The highest BCUT2D eigenvalue weighted by atomic mass is 32.1. The molecule has 0 aliphatic rings. The molecule has 57 valence electrons. The van der Waals surface area contributed by atoms with Gasteiger partial charge < -0.3 is 5.11 Å². The smallest absolute Gasteiger partial charge is 0.298 e. The third-order valence-corrected chi connectivity index (χ3v) is 1.20. The molecule has 10 heavy (non-hydrogen) atoms. The maximum Gasteiger partial charge on any atom is 0.298 e. The summed E-state index contributed by atoms with van der Waals surface area (Å²) in [4.78, 5) is 10.3. The number of carboxylic acids is 1. The van der Waals surface area contributed by atoms with Crippen LogP contribution < -0.4 is 0 Å². The Morgan fingerprint density at radius 3 is 2.20 bits per heavy atom. The zero-order chi connectivity index (χ0) is 8.36. The fourth-order valence-electron chi connectivity index (χ4n) is 0.683. The predicted octanol–water partition coefficient (Wildman–Crippen LogP) is 1.25. The fourth-order valence-corrected chi connectivity index (χ4v) is 0.907. The molecule has 0 rings (SSSR count). The Morgan fingerprint density at radius 2 is 2.10 bits per heavy atom. The van der Waals surface area contributed by atoms with E-state index in [0.717, 1.165) is 0 Å². The molecule has 0 aromatic carbocycles. The van der Waals surface area contributed by atoms with Crippen molar-refractivity contribution in [3.63, 3.8) is 0 Å². The van der Waals surface area contributed by atoms with Crippen molar-refractivity contribution in [1.82, 2.24) is 0 Å². The summed E-state index contributed by atoms with van der Waals surface area (Å²) in [6, 6.07) is 0. The molecule has 1 radical (unpaired) electrons. The van der Waals surface area contributed by atoms with Crippen molar-refractivity contribution in [2.24, 2.45) is 0 Å². The predicted molar refractivity (Wildman–Crippen MR) is 45.9 cm³/mol. The minimum Gasteiger partial charge on any atom is -0.482 e. The van der Waals surface area contributed by atoms with Crippen molar-refractivity contribution in [3.8, 4) is 0 Å². The number of thiol groups is 1. The number of hydrogen-bond donors (Lipinski definition) is 2. The Kier molecular flexibility index (Phi) is 3.29. The molecule has 0 amide bonds. The van der Waals surface area contributed by atoms with Crippen LogP contribution in [-0.4, -0.2) is 23.0 Å². The molecule has 0 aliphatic carbocycles. The van der Waals surface area contributed by atoms with Gasteiger partial charge in [-0.05, 0) is 4.65 Å². The van der Waals surface area contributed by atoms with Gasteiger partial charge in [-0.3, -0.25) is 4.79 Å². The maximum absolute atomic E-state index is 10.3. The third kappa shape index (κ3) is 4.73. The number of carbonyl (C=O) groups is 1. The Balaban J connectivity index is 3.80. The van der Waals surface area contributed by atoms with Gasteiger partial charge in [0, 0.05) is 5.82 Å². The molecule has 0 aromatic rings. The molecule has 0 heterocycles. The largest absolute Gasteiger partial charge is 0.482 e. The Bertz CT molecular complexity index is 130. The van der Waals surface area contributed by atoms with Crippen LogP contribution in [0.15, 0.2) is 0 Å². The summed E-state index contributed by atoms with van der Waals surface area (Å²) >= 11 is 4.17. The molecule has 1 atom stereocenters. The van der Waals surface area contributed by atoms with Crippen molar-refractivity contribution in [2.45, 2.75) is 31.2 Å². The second-order valence-corrected chi connectivity index (χ2v) is 4.10. The molecule has 0 saturated heterocycles. The summed E-state index contributed by atoms with van der Waals surface area (Å²) in [5.74, 6) is -1.23. The molecule has 4 heteroatoms. The van der Waals surface area contributed by atoms with Gasteiger partial charge in [-0.1, -0.05) is 20.8 Å². The topological polar surface area (TPSA) is 37.3 Å². The second-order valence-electron chi connectivity index (χ2n) is 2.95. The fraction of sp³-hybridized carbons (Fsp3) is 0.833. The number of carboxylic acid groups (broad SMARTS) is 1. The van der Waals surface area contributed by atoms with Gasteiger partial charge in [0.2, 0.25) is 0 Å². The first kappa shape index (κ1) is 9.88. The van der Waals surface area contributed by atoms with Crippen LogP contribution in [0.3, 0.4) is 0 Å². The van der Waals surface area contributed by atoms with E-state index in [0.29, 0.717) is 0 Å². The van der Waals surface area contributed by atoms with Gasteiger partial charge >= 0.3 is 0 Å². The number of aliphatic carboxylic acids is 1. The summed E-state index contributed by atoms with van der Waals surface area (Å²) in [6.45, 7) is 5.35. The van der Waals surface area contributed by atoms with Gasteiger partial charge in [-0.2, -0.15) is 12.6 Å². The SMILES string of the molecule is CC([B]C(C)(C)S)C(=O)O. The molecule has 0 aliphatic heterocycles. The minimum absolute atomic E-state index is 0.308. The van der Waals surface area contributed by atoms with Crippen molar-refractivity contribution in [2.75, 3.05) is 0 Å². The Hall–Kier alpha value is -0.115.